The molecule has 0 saturated carbocycles. The van der Waals surface area contributed by atoms with Crippen molar-refractivity contribution >= 4 is 23.5 Å². The van der Waals surface area contributed by atoms with Crippen LogP contribution in [0.2, 0.25) is 5.02 Å². The predicted molar refractivity (Wildman–Crippen MR) is 142 cm³/mol. The van der Waals surface area contributed by atoms with Crippen molar-refractivity contribution in [3.05, 3.63) is 100.0 Å². The summed E-state index contributed by atoms with van der Waals surface area (Å²) >= 11 is 5.81. The fraction of sp³-hybridized carbons (Fsp3) is 0.233. The molecule has 1 aromatic heterocycles. The van der Waals surface area contributed by atoms with Gasteiger partial charge in [-0.25, -0.2) is 4.39 Å². The molecule has 0 spiro atoms. The minimum atomic E-state index is -0.786. The van der Waals surface area contributed by atoms with Crippen LogP contribution in [0, 0.1) is 12.7 Å². The molecule has 4 rings (SSSR count). The van der Waals surface area contributed by atoms with E-state index >= 15 is 0 Å². The van der Waals surface area contributed by atoms with Gasteiger partial charge in [-0.2, -0.15) is 0 Å². The van der Waals surface area contributed by atoms with Gasteiger partial charge in [-0.1, -0.05) is 71.4 Å². The van der Waals surface area contributed by atoms with Crippen LogP contribution in [0.15, 0.2) is 71.3 Å². The van der Waals surface area contributed by atoms with Crippen LogP contribution in [-0.2, 0) is 31.9 Å². The Morgan fingerprint density at radius 1 is 0.947 bits per heavy atom. The lowest BCUT2D eigenvalue weighted by molar-refractivity contribution is -0.148. The van der Waals surface area contributed by atoms with Crippen LogP contribution in [-0.4, -0.2) is 23.7 Å². The van der Waals surface area contributed by atoms with Crippen molar-refractivity contribution in [2.45, 2.75) is 39.7 Å². The Bertz CT molecular complexity index is 1430. The normalized spacial score (nSPS) is 11.7. The third-order valence-corrected chi connectivity index (χ3v) is 6.34. The van der Waals surface area contributed by atoms with Crippen LogP contribution >= 0.6 is 11.6 Å². The summed E-state index contributed by atoms with van der Waals surface area (Å²) in [6, 6.07) is 19.6. The first-order chi connectivity index (χ1) is 18.2. The van der Waals surface area contributed by atoms with Crippen molar-refractivity contribution in [1.82, 2.24) is 5.16 Å². The van der Waals surface area contributed by atoms with Crippen LogP contribution in [0.1, 0.15) is 42.3 Å². The van der Waals surface area contributed by atoms with E-state index in [1.165, 1.54) is 12.1 Å². The Hall–Kier alpha value is -3.97. The number of nitrogens with zero attached hydrogens (tertiary/aromatic N) is 1. The van der Waals surface area contributed by atoms with Crippen molar-refractivity contribution in [2.75, 3.05) is 6.61 Å². The van der Waals surface area contributed by atoms with E-state index < -0.39 is 17.9 Å². The van der Waals surface area contributed by atoms with Gasteiger partial charge in [0.1, 0.15) is 11.9 Å². The zero-order valence-corrected chi connectivity index (χ0v) is 22.0. The molecule has 0 aliphatic rings. The van der Waals surface area contributed by atoms with Gasteiger partial charge in [0.05, 0.1) is 25.1 Å². The molecular weight excluding hydrogens is 509 g/mol. The fourth-order valence-electron chi connectivity index (χ4n) is 4.11. The topological polar surface area (TPSA) is 78.6 Å². The molecule has 0 aliphatic carbocycles. The van der Waals surface area contributed by atoms with Crippen molar-refractivity contribution < 1.29 is 28.0 Å². The lowest BCUT2D eigenvalue weighted by Gasteiger charge is -2.14. The van der Waals surface area contributed by atoms with E-state index in [9.17, 15) is 14.0 Å². The summed E-state index contributed by atoms with van der Waals surface area (Å²) in [7, 11) is 0. The zero-order valence-electron chi connectivity index (χ0n) is 21.3. The predicted octanol–water partition coefficient (Wildman–Crippen LogP) is 7.06. The van der Waals surface area contributed by atoms with Gasteiger partial charge < -0.3 is 14.0 Å². The van der Waals surface area contributed by atoms with Crippen molar-refractivity contribution in [2.24, 2.45) is 0 Å². The second-order valence-corrected chi connectivity index (χ2v) is 9.24. The highest BCUT2D eigenvalue weighted by atomic mass is 35.5. The molecule has 0 N–H and O–H groups in total. The van der Waals surface area contributed by atoms with Crippen molar-refractivity contribution in [3.63, 3.8) is 0 Å². The van der Waals surface area contributed by atoms with Gasteiger partial charge in [0.2, 0.25) is 0 Å². The number of benzene rings is 3. The summed E-state index contributed by atoms with van der Waals surface area (Å²) in [4.78, 5) is 24.4. The molecule has 1 atom stereocenters. The molecule has 4 aromatic rings. The SMILES string of the molecule is CCOC(=O)Cc1ccc(-c2ccc(-c3onc(C)c3CC(=O)OC(C)c3ccc(Cl)cc3F)cc2)cc1. The number of hydrogen-bond acceptors (Lipinski definition) is 6. The molecule has 0 amide bonds. The highest BCUT2D eigenvalue weighted by Crippen LogP contribution is 2.30. The molecule has 3 aromatic carbocycles. The molecule has 38 heavy (non-hydrogen) atoms. The summed E-state index contributed by atoms with van der Waals surface area (Å²) in [6.07, 6.45) is -0.629. The first-order valence-corrected chi connectivity index (χ1v) is 12.6. The van der Waals surface area contributed by atoms with Gasteiger partial charge in [0.25, 0.3) is 0 Å². The van der Waals surface area contributed by atoms with E-state index in [2.05, 4.69) is 5.16 Å². The number of carbonyl (C=O) groups is 2. The van der Waals surface area contributed by atoms with Crippen LogP contribution in [0.4, 0.5) is 4.39 Å². The van der Waals surface area contributed by atoms with Crippen molar-refractivity contribution in [3.8, 4) is 22.5 Å². The number of hydrogen-bond donors (Lipinski definition) is 0. The molecule has 196 valence electrons. The first kappa shape index (κ1) is 27.1. The second-order valence-electron chi connectivity index (χ2n) is 8.81. The maximum absolute atomic E-state index is 14.2. The molecule has 8 heteroatoms. The van der Waals surface area contributed by atoms with E-state index in [1.54, 1.807) is 26.8 Å². The second kappa shape index (κ2) is 12.0. The van der Waals surface area contributed by atoms with E-state index in [0.29, 0.717) is 23.6 Å². The van der Waals surface area contributed by atoms with E-state index in [0.717, 1.165) is 22.3 Å². The summed E-state index contributed by atoms with van der Waals surface area (Å²) in [5.41, 5.74) is 5.03. The van der Waals surface area contributed by atoms with Crippen LogP contribution in [0.3, 0.4) is 0 Å². The summed E-state index contributed by atoms with van der Waals surface area (Å²) < 4.78 is 30.2. The van der Waals surface area contributed by atoms with Gasteiger partial charge in [-0.15, -0.1) is 0 Å². The molecule has 0 saturated heterocycles. The van der Waals surface area contributed by atoms with Gasteiger partial charge >= 0.3 is 11.9 Å². The van der Waals surface area contributed by atoms with Gasteiger partial charge in [-0.3, -0.25) is 9.59 Å². The standard InChI is InChI=1S/C30H27ClFNO5/c1-4-36-28(34)15-20-5-7-21(8-6-20)22-9-11-23(12-10-22)30-26(18(2)33-38-30)17-29(35)37-19(3)25-14-13-24(31)16-27(25)32/h5-14,16,19H,4,15,17H2,1-3H3. The monoisotopic (exact) mass is 535 g/mol. The Kier molecular flexibility index (Phi) is 8.59. The highest BCUT2D eigenvalue weighted by Gasteiger charge is 2.22. The van der Waals surface area contributed by atoms with E-state index in [4.69, 9.17) is 25.6 Å². The fourth-order valence-corrected chi connectivity index (χ4v) is 4.27. The molecule has 0 radical (unpaired) electrons. The van der Waals surface area contributed by atoms with E-state index in [1.807, 2.05) is 48.5 Å². The van der Waals surface area contributed by atoms with E-state index in [-0.39, 0.29) is 29.4 Å². The molecule has 0 bridgehead atoms. The van der Waals surface area contributed by atoms with Gasteiger partial charge in [0.15, 0.2) is 5.76 Å². The number of aromatic nitrogens is 1. The molecular formula is C30H27ClFNO5. The van der Waals surface area contributed by atoms with Crippen molar-refractivity contribution in [1.29, 1.82) is 0 Å². The average Bonchev–Trinajstić information content (AvgIpc) is 3.24. The van der Waals surface area contributed by atoms with Crippen LogP contribution in [0.25, 0.3) is 22.5 Å². The lowest BCUT2D eigenvalue weighted by Crippen LogP contribution is -2.13. The number of esters is 2. The average molecular weight is 536 g/mol. The molecule has 1 unspecified atom stereocenters. The third-order valence-electron chi connectivity index (χ3n) is 6.10. The zero-order chi connectivity index (χ0) is 27.2. The lowest BCUT2D eigenvalue weighted by atomic mass is 9.99. The number of ether oxygens (including phenoxy) is 2. The molecule has 0 fully saturated rings. The van der Waals surface area contributed by atoms with Crippen LogP contribution in [0.5, 0.6) is 0 Å². The Balaban J connectivity index is 1.45. The first-order valence-electron chi connectivity index (χ1n) is 12.2. The number of carbonyl (C=O) groups excluding carboxylic acids is 2. The Morgan fingerprint density at radius 2 is 1.58 bits per heavy atom. The maximum atomic E-state index is 14.2. The quantitative estimate of drug-likeness (QED) is 0.213. The molecule has 1 heterocycles. The maximum Gasteiger partial charge on any atom is 0.311 e. The van der Waals surface area contributed by atoms with Crippen LogP contribution < -0.4 is 0 Å². The smallest absolute Gasteiger partial charge is 0.311 e. The number of rotatable bonds is 9. The minimum Gasteiger partial charge on any atom is -0.466 e. The number of aryl methyl sites for hydroxylation is 1. The number of halogens is 2. The Labute approximate surface area is 225 Å². The highest BCUT2D eigenvalue weighted by molar-refractivity contribution is 6.30. The van der Waals surface area contributed by atoms with Gasteiger partial charge in [-0.05, 0) is 49.6 Å². The molecule has 6 nitrogen and oxygen atoms in total. The Morgan fingerprint density at radius 3 is 2.21 bits per heavy atom. The van der Waals surface area contributed by atoms with Gasteiger partial charge in [0, 0.05) is 21.7 Å². The largest absolute Gasteiger partial charge is 0.466 e. The minimum absolute atomic E-state index is 0.0755. The summed E-state index contributed by atoms with van der Waals surface area (Å²) in [5, 5.41) is 4.31. The summed E-state index contributed by atoms with van der Waals surface area (Å²) in [6.45, 7) is 5.50. The third kappa shape index (κ3) is 6.47. The molecule has 0 aliphatic heterocycles. The summed E-state index contributed by atoms with van der Waals surface area (Å²) in [5.74, 6) is -0.841.